The molecule has 0 radical (unpaired) electrons. The Morgan fingerprint density at radius 2 is 1.69 bits per heavy atom. The predicted molar refractivity (Wildman–Crippen MR) is 111 cm³/mol. The SMILES string of the molecule is COc1ccc(N2C(=S)C(Oc3ccccc3)C2(C)c2cccs2)cc1. The number of hydrogen-bond donors (Lipinski definition) is 0. The molecule has 2 unspecified atom stereocenters. The molecule has 0 N–H and O–H groups in total. The second-order valence-corrected chi connectivity index (χ2v) is 7.67. The van der Waals surface area contributed by atoms with Crippen molar-refractivity contribution in [2.24, 2.45) is 0 Å². The van der Waals surface area contributed by atoms with Gasteiger partial charge in [-0.2, -0.15) is 0 Å². The molecule has 4 rings (SSSR count). The minimum absolute atomic E-state index is 0.194. The van der Waals surface area contributed by atoms with E-state index >= 15 is 0 Å². The van der Waals surface area contributed by atoms with Gasteiger partial charge in [-0.25, -0.2) is 0 Å². The highest BCUT2D eigenvalue weighted by Gasteiger charge is 2.58. The third-order valence-corrected chi connectivity index (χ3v) is 6.26. The Balaban J connectivity index is 1.71. The van der Waals surface area contributed by atoms with Crippen molar-refractivity contribution >= 4 is 34.2 Å². The highest BCUT2D eigenvalue weighted by Crippen LogP contribution is 2.48. The van der Waals surface area contributed by atoms with E-state index in [1.165, 1.54) is 4.88 Å². The quantitative estimate of drug-likeness (QED) is 0.562. The van der Waals surface area contributed by atoms with Crippen LogP contribution in [0.1, 0.15) is 11.8 Å². The first-order valence-corrected chi connectivity index (χ1v) is 9.67. The van der Waals surface area contributed by atoms with E-state index in [1.54, 1.807) is 18.4 Å². The van der Waals surface area contributed by atoms with E-state index in [2.05, 4.69) is 29.3 Å². The van der Waals surface area contributed by atoms with Crippen molar-refractivity contribution in [1.82, 2.24) is 0 Å². The van der Waals surface area contributed by atoms with Crippen molar-refractivity contribution in [1.29, 1.82) is 0 Å². The summed E-state index contributed by atoms with van der Waals surface area (Å²) in [7, 11) is 1.67. The fraction of sp³-hybridized carbons (Fsp3) is 0.190. The number of thiocarbonyl (C=S) groups is 1. The molecule has 26 heavy (non-hydrogen) atoms. The molecule has 2 atom stereocenters. The maximum atomic E-state index is 6.30. The smallest absolute Gasteiger partial charge is 0.177 e. The molecule has 0 amide bonds. The van der Waals surface area contributed by atoms with E-state index in [-0.39, 0.29) is 11.6 Å². The summed E-state index contributed by atoms with van der Waals surface area (Å²) in [4.78, 5) is 4.19. The Morgan fingerprint density at radius 1 is 0.962 bits per heavy atom. The monoisotopic (exact) mass is 381 g/mol. The van der Waals surface area contributed by atoms with Crippen molar-refractivity contribution < 1.29 is 9.47 Å². The molecule has 3 aromatic rings. The lowest BCUT2D eigenvalue weighted by Gasteiger charge is -2.56. The van der Waals surface area contributed by atoms with Gasteiger partial charge >= 0.3 is 0 Å². The van der Waals surface area contributed by atoms with Gasteiger partial charge in [0.25, 0.3) is 0 Å². The summed E-state index contributed by atoms with van der Waals surface area (Å²) in [5, 5.41) is 2.09. The van der Waals surface area contributed by atoms with Crippen LogP contribution in [0.3, 0.4) is 0 Å². The fourth-order valence-corrected chi connectivity index (χ4v) is 4.84. The zero-order chi connectivity index (χ0) is 18.1. The van der Waals surface area contributed by atoms with E-state index in [0.717, 1.165) is 22.2 Å². The van der Waals surface area contributed by atoms with Gasteiger partial charge in [-0.15, -0.1) is 11.3 Å². The summed E-state index contributed by atoms with van der Waals surface area (Å²) in [6, 6.07) is 22.1. The summed E-state index contributed by atoms with van der Waals surface area (Å²) in [6.07, 6.45) is -0.194. The summed E-state index contributed by atoms with van der Waals surface area (Å²) in [6.45, 7) is 2.19. The number of para-hydroxylation sites is 1. The van der Waals surface area contributed by atoms with E-state index in [0.29, 0.717) is 0 Å². The maximum absolute atomic E-state index is 6.30. The highest BCUT2D eigenvalue weighted by molar-refractivity contribution is 7.81. The molecule has 132 valence electrons. The topological polar surface area (TPSA) is 21.7 Å². The number of rotatable bonds is 5. The van der Waals surface area contributed by atoms with Gasteiger partial charge < -0.3 is 14.4 Å². The van der Waals surface area contributed by atoms with Crippen LogP contribution in [0.25, 0.3) is 0 Å². The highest BCUT2D eigenvalue weighted by atomic mass is 32.1. The summed E-state index contributed by atoms with van der Waals surface area (Å²) < 4.78 is 11.6. The Labute approximate surface area is 162 Å². The van der Waals surface area contributed by atoms with Crippen molar-refractivity contribution in [3.8, 4) is 11.5 Å². The second kappa shape index (κ2) is 6.74. The Kier molecular flexibility index (Phi) is 4.42. The summed E-state index contributed by atoms with van der Waals surface area (Å²) in [5.74, 6) is 1.66. The van der Waals surface area contributed by atoms with Crippen LogP contribution in [0.15, 0.2) is 72.1 Å². The number of hydrogen-bond acceptors (Lipinski definition) is 4. The number of methoxy groups -OCH3 is 1. The van der Waals surface area contributed by atoms with Crippen molar-refractivity contribution in [2.45, 2.75) is 18.6 Å². The summed E-state index contributed by atoms with van der Waals surface area (Å²) >= 11 is 7.49. The minimum atomic E-state index is -0.352. The molecule has 0 aliphatic carbocycles. The van der Waals surface area contributed by atoms with Crippen LogP contribution >= 0.6 is 23.6 Å². The Bertz CT molecular complexity index is 894. The van der Waals surface area contributed by atoms with E-state index < -0.39 is 0 Å². The third-order valence-electron chi connectivity index (χ3n) is 4.77. The fourth-order valence-electron chi connectivity index (χ4n) is 3.37. The number of thiophene rings is 1. The minimum Gasteiger partial charge on any atom is -0.497 e. The van der Waals surface area contributed by atoms with Crippen LogP contribution in [0.4, 0.5) is 5.69 Å². The van der Waals surface area contributed by atoms with E-state index in [1.807, 2.05) is 54.6 Å². The third kappa shape index (κ3) is 2.68. The largest absolute Gasteiger partial charge is 0.497 e. The molecule has 0 bridgehead atoms. The number of ether oxygens (including phenoxy) is 2. The molecule has 2 aromatic carbocycles. The normalized spacial score (nSPS) is 22.0. The zero-order valence-electron chi connectivity index (χ0n) is 14.6. The van der Waals surface area contributed by atoms with E-state index in [9.17, 15) is 0 Å². The molecule has 1 saturated heterocycles. The van der Waals surface area contributed by atoms with Gasteiger partial charge in [0.1, 0.15) is 22.0 Å². The van der Waals surface area contributed by atoms with Crippen LogP contribution < -0.4 is 14.4 Å². The van der Waals surface area contributed by atoms with Gasteiger partial charge in [-0.05, 0) is 54.8 Å². The number of benzene rings is 2. The van der Waals surface area contributed by atoms with Gasteiger partial charge in [0.15, 0.2) is 6.10 Å². The average Bonchev–Trinajstić information content (AvgIpc) is 3.23. The Morgan fingerprint density at radius 3 is 2.31 bits per heavy atom. The second-order valence-electron chi connectivity index (χ2n) is 6.31. The number of nitrogens with zero attached hydrogens (tertiary/aromatic N) is 1. The average molecular weight is 382 g/mol. The van der Waals surface area contributed by atoms with Gasteiger partial charge in [0, 0.05) is 10.6 Å². The summed E-state index contributed by atoms with van der Waals surface area (Å²) in [5.41, 5.74) is 0.690. The van der Waals surface area contributed by atoms with Crippen LogP contribution in [0, 0.1) is 0 Å². The molecule has 0 spiro atoms. The molecule has 1 aliphatic rings. The Hall–Kier alpha value is -2.37. The van der Waals surface area contributed by atoms with Crippen molar-refractivity contribution in [2.75, 3.05) is 12.0 Å². The zero-order valence-corrected chi connectivity index (χ0v) is 16.2. The lowest BCUT2D eigenvalue weighted by Crippen LogP contribution is -2.72. The molecule has 1 aromatic heterocycles. The van der Waals surface area contributed by atoms with Gasteiger partial charge in [0.05, 0.1) is 7.11 Å². The van der Waals surface area contributed by atoms with Crippen molar-refractivity contribution in [3.05, 3.63) is 77.0 Å². The van der Waals surface area contributed by atoms with Gasteiger partial charge in [-0.3, -0.25) is 0 Å². The molecule has 2 heterocycles. The molecule has 1 fully saturated rings. The van der Waals surface area contributed by atoms with Crippen molar-refractivity contribution in [3.63, 3.8) is 0 Å². The lowest BCUT2D eigenvalue weighted by molar-refractivity contribution is 0.147. The van der Waals surface area contributed by atoms with Crippen LogP contribution in [-0.4, -0.2) is 18.2 Å². The first kappa shape index (κ1) is 17.1. The van der Waals surface area contributed by atoms with Gasteiger partial charge in [0.2, 0.25) is 0 Å². The lowest BCUT2D eigenvalue weighted by atomic mass is 9.80. The first-order chi connectivity index (χ1) is 12.6. The van der Waals surface area contributed by atoms with Crippen LogP contribution in [-0.2, 0) is 5.54 Å². The predicted octanol–water partition coefficient (Wildman–Crippen LogP) is 5.27. The van der Waals surface area contributed by atoms with Crippen LogP contribution in [0.2, 0.25) is 0 Å². The molecule has 5 heteroatoms. The number of anilines is 1. The van der Waals surface area contributed by atoms with Gasteiger partial charge in [-0.1, -0.05) is 36.5 Å². The van der Waals surface area contributed by atoms with Crippen LogP contribution in [0.5, 0.6) is 11.5 Å². The standard InChI is InChI=1S/C21H19NO2S2/c1-21(18-9-6-14-26-18)19(24-17-7-4-3-5-8-17)20(25)22(21)15-10-12-16(23-2)13-11-15/h3-14,19H,1-2H3. The molecule has 0 saturated carbocycles. The molecule has 3 nitrogen and oxygen atoms in total. The molecule has 1 aliphatic heterocycles. The maximum Gasteiger partial charge on any atom is 0.177 e. The molecular formula is C21H19NO2S2. The van der Waals surface area contributed by atoms with E-state index in [4.69, 9.17) is 21.7 Å². The first-order valence-electron chi connectivity index (χ1n) is 8.38. The molecular weight excluding hydrogens is 362 g/mol.